The highest BCUT2D eigenvalue weighted by Gasteiger charge is 2.19. The van der Waals surface area contributed by atoms with Crippen molar-refractivity contribution in [3.8, 4) is 5.75 Å². The van der Waals surface area contributed by atoms with Gasteiger partial charge in [-0.1, -0.05) is 53.5 Å². The van der Waals surface area contributed by atoms with Crippen molar-refractivity contribution in [2.24, 2.45) is 0 Å². The summed E-state index contributed by atoms with van der Waals surface area (Å²) in [4.78, 5) is 25.7. The third kappa shape index (κ3) is 4.98. The fourth-order valence-electron chi connectivity index (χ4n) is 3.40. The van der Waals surface area contributed by atoms with Gasteiger partial charge in [0.2, 0.25) is 0 Å². The normalized spacial score (nSPS) is 10.7. The third-order valence-corrected chi connectivity index (χ3v) is 6.28. The summed E-state index contributed by atoms with van der Waals surface area (Å²) < 4.78 is 6.20. The number of halogens is 3. The van der Waals surface area contributed by atoms with Crippen LogP contribution in [0.4, 0.5) is 11.4 Å². The smallest absolute Gasteiger partial charge is 0.259 e. The van der Waals surface area contributed by atoms with Gasteiger partial charge in [-0.3, -0.25) is 9.59 Å². The van der Waals surface area contributed by atoms with Crippen molar-refractivity contribution in [2.75, 3.05) is 17.7 Å². The van der Waals surface area contributed by atoms with E-state index in [1.165, 1.54) is 13.2 Å². The Bertz CT molecular complexity index is 1390. The van der Waals surface area contributed by atoms with E-state index in [-0.39, 0.29) is 16.8 Å². The van der Waals surface area contributed by atoms with E-state index in [2.05, 4.69) is 26.6 Å². The van der Waals surface area contributed by atoms with Gasteiger partial charge in [0.05, 0.1) is 27.7 Å². The Kier molecular flexibility index (Phi) is 6.88. The minimum absolute atomic E-state index is 0.249. The van der Waals surface area contributed by atoms with Crippen LogP contribution in [0.5, 0.6) is 5.75 Å². The molecule has 0 aliphatic carbocycles. The van der Waals surface area contributed by atoms with Crippen LogP contribution < -0.4 is 15.4 Å². The maximum Gasteiger partial charge on any atom is 0.259 e. The van der Waals surface area contributed by atoms with Crippen LogP contribution >= 0.6 is 39.1 Å². The van der Waals surface area contributed by atoms with Gasteiger partial charge in [0.1, 0.15) is 5.75 Å². The van der Waals surface area contributed by atoms with Crippen molar-refractivity contribution in [1.82, 2.24) is 0 Å². The highest BCUT2D eigenvalue weighted by molar-refractivity contribution is 9.10. The molecule has 2 N–H and O–H groups in total. The van der Waals surface area contributed by atoms with Crippen LogP contribution in [0.3, 0.4) is 0 Å². The lowest BCUT2D eigenvalue weighted by Crippen LogP contribution is -2.15. The number of rotatable bonds is 5. The van der Waals surface area contributed by atoms with Crippen LogP contribution in [-0.2, 0) is 0 Å². The number of benzene rings is 4. The van der Waals surface area contributed by atoms with Gasteiger partial charge in [0, 0.05) is 16.4 Å². The molecule has 0 fully saturated rings. The van der Waals surface area contributed by atoms with Gasteiger partial charge in [0.25, 0.3) is 11.8 Å². The first-order chi connectivity index (χ1) is 15.9. The minimum atomic E-state index is -0.389. The summed E-state index contributed by atoms with van der Waals surface area (Å²) in [6, 6.07) is 20.9. The zero-order chi connectivity index (χ0) is 23.5. The van der Waals surface area contributed by atoms with Crippen molar-refractivity contribution in [3.63, 3.8) is 0 Å². The predicted octanol–water partition coefficient (Wildman–Crippen LogP) is 7.42. The quantitative estimate of drug-likeness (QED) is 0.275. The van der Waals surface area contributed by atoms with Crippen LogP contribution in [-0.4, -0.2) is 18.9 Å². The van der Waals surface area contributed by atoms with E-state index in [0.717, 1.165) is 10.8 Å². The number of ether oxygens (including phenoxy) is 1. The molecule has 0 bridgehead atoms. The summed E-state index contributed by atoms with van der Waals surface area (Å²) in [7, 11) is 1.52. The van der Waals surface area contributed by atoms with Crippen molar-refractivity contribution < 1.29 is 14.3 Å². The Morgan fingerprint density at radius 3 is 2.15 bits per heavy atom. The summed E-state index contributed by atoms with van der Waals surface area (Å²) in [5.41, 5.74) is 1.67. The summed E-state index contributed by atoms with van der Waals surface area (Å²) in [6.45, 7) is 0. The maximum absolute atomic E-state index is 13.1. The molecular formula is C25H17BrCl2N2O3. The second-order valence-corrected chi connectivity index (χ2v) is 8.74. The van der Waals surface area contributed by atoms with Gasteiger partial charge in [-0.05, 0) is 69.2 Å². The molecule has 166 valence electrons. The molecule has 33 heavy (non-hydrogen) atoms. The van der Waals surface area contributed by atoms with Crippen molar-refractivity contribution in [3.05, 3.63) is 98.4 Å². The van der Waals surface area contributed by atoms with E-state index < -0.39 is 0 Å². The Hall–Kier alpha value is -3.06. The second-order valence-electron chi connectivity index (χ2n) is 7.11. The van der Waals surface area contributed by atoms with Gasteiger partial charge in [-0.15, -0.1) is 0 Å². The third-order valence-electron chi connectivity index (χ3n) is 4.94. The van der Waals surface area contributed by atoms with E-state index >= 15 is 0 Å². The van der Waals surface area contributed by atoms with Crippen molar-refractivity contribution >= 4 is 73.1 Å². The molecule has 0 aliphatic heterocycles. The first-order valence-electron chi connectivity index (χ1n) is 9.80. The fourth-order valence-corrected chi connectivity index (χ4v) is 4.63. The molecular weight excluding hydrogens is 527 g/mol. The van der Waals surface area contributed by atoms with Gasteiger partial charge in [-0.25, -0.2) is 0 Å². The molecule has 0 saturated heterocycles. The van der Waals surface area contributed by atoms with Crippen LogP contribution in [0, 0.1) is 0 Å². The van der Waals surface area contributed by atoms with Crippen LogP contribution in [0.1, 0.15) is 20.7 Å². The minimum Gasteiger partial charge on any atom is -0.495 e. The molecule has 0 saturated carbocycles. The molecule has 5 nitrogen and oxygen atoms in total. The number of fused-ring (bicyclic) bond motifs is 1. The molecule has 2 amide bonds. The first kappa shape index (κ1) is 23.1. The number of hydrogen-bond acceptors (Lipinski definition) is 3. The largest absolute Gasteiger partial charge is 0.495 e. The maximum atomic E-state index is 13.1. The lowest BCUT2D eigenvalue weighted by molar-refractivity contribution is 0.101. The molecule has 0 radical (unpaired) electrons. The molecule has 0 spiro atoms. The number of hydrogen-bond donors (Lipinski definition) is 2. The number of carbonyl (C=O) groups excluding carboxylic acids is 2. The van der Waals surface area contributed by atoms with Crippen LogP contribution in [0.15, 0.2) is 77.3 Å². The molecule has 0 aliphatic rings. The topological polar surface area (TPSA) is 67.4 Å². The highest BCUT2D eigenvalue weighted by atomic mass is 79.9. The number of nitrogens with one attached hydrogen (secondary N) is 2. The summed E-state index contributed by atoms with van der Waals surface area (Å²) in [6.07, 6.45) is 0. The zero-order valence-corrected chi connectivity index (χ0v) is 20.4. The van der Waals surface area contributed by atoms with Gasteiger partial charge < -0.3 is 15.4 Å². The van der Waals surface area contributed by atoms with E-state index in [4.69, 9.17) is 27.9 Å². The second kappa shape index (κ2) is 9.83. The average molecular weight is 544 g/mol. The van der Waals surface area contributed by atoms with Crippen LogP contribution in [0.2, 0.25) is 10.0 Å². The highest BCUT2D eigenvalue weighted by Crippen LogP contribution is 2.37. The number of methoxy groups -OCH3 is 1. The van der Waals surface area contributed by atoms with Crippen LogP contribution in [0.25, 0.3) is 10.8 Å². The molecule has 0 atom stereocenters. The molecule has 4 rings (SSSR count). The summed E-state index contributed by atoms with van der Waals surface area (Å²) in [5, 5.41) is 8.17. The number of anilines is 2. The lowest BCUT2D eigenvalue weighted by Gasteiger charge is -2.14. The van der Waals surface area contributed by atoms with Crippen molar-refractivity contribution in [1.29, 1.82) is 0 Å². The average Bonchev–Trinajstić information content (AvgIpc) is 2.79. The lowest BCUT2D eigenvalue weighted by atomic mass is 10.0. The van der Waals surface area contributed by atoms with E-state index in [9.17, 15) is 9.59 Å². The monoisotopic (exact) mass is 542 g/mol. The molecule has 4 aromatic rings. The molecule has 0 aromatic heterocycles. The fraction of sp³-hybridized carbons (Fsp3) is 0.0400. The Balaban J connectivity index is 1.57. The summed E-state index contributed by atoms with van der Waals surface area (Å²) >= 11 is 15.6. The van der Waals surface area contributed by atoms with E-state index in [0.29, 0.717) is 37.7 Å². The van der Waals surface area contributed by atoms with Crippen molar-refractivity contribution in [2.45, 2.75) is 0 Å². The Labute approximate surface area is 208 Å². The SMILES string of the molecule is COc1c(C(=O)Nc2cccc(NC(=O)c3ccc(Cl)cc3Cl)c2)cc2ccccc2c1Br. The van der Waals surface area contributed by atoms with Gasteiger partial charge in [0.15, 0.2) is 0 Å². The number of carbonyl (C=O) groups is 2. The molecule has 0 unspecified atom stereocenters. The molecule has 8 heteroatoms. The van der Waals surface area contributed by atoms with Gasteiger partial charge in [-0.2, -0.15) is 0 Å². The molecule has 0 heterocycles. The number of amides is 2. The Morgan fingerprint density at radius 1 is 0.818 bits per heavy atom. The first-order valence-corrected chi connectivity index (χ1v) is 11.4. The predicted molar refractivity (Wildman–Crippen MR) is 137 cm³/mol. The Morgan fingerprint density at radius 2 is 1.48 bits per heavy atom. The summed E-state index contributed by atoms with van der Waals surface area (Å²) in [5.74, 6) is -0.296. The molecule has 4 aromatic carbocycles. The zero-order valence-electron chi connectivity index (χ0n) is 17.3. The van der Waals surface area contributed by atoms with E-state index in [1.54, 1.807) is 42.5 Å². The van der Waals surface area contributed by atoms with Gasteiger partial charge >= 0.3 is 0 Å². The standard InChI is InChI=1S/C25H17BrCl2N2O3/c1-33-23-20(11-14-5-2-3-8-18(14)22(23)26)25(32)30-17-7-4-6-16(13-17)29-24(31)19-10-9-15(27)12-21(19)28/h2-13H,1H3,(H,29,31)(H,30,32). The van der Waals surface area contributed by atoms with E-state index in [1.807, 2.05) is 24.3 Å².